The number of rotatable bonds is 7. The van der Waals surface area contributed by atoms with Gasteiger partial charge in [-0.3, -0.25) is 14.2 Å². The van der Waals surface area contributed by atoms with Crippen LogP contribution in [0.5, 0.6) is 0 Å². The highest BCUT2D eigenvalue weighted by atomic mass is 32.1. The van der Waals surface area contributed by atoms with Crippen molar-refractivity contribution < 1.29 is 4.79 Å². The molecular weight excluding hydrogens is 310 g/mol. The number of nitrogens with zero attached hydrogens (tertiary/aromatic N) is 2. The van der Waals surface area contributed by atoms with Gasteiger partial charge < -0.3 is 10.2 Å². The highest BCUT2D eigenvalue weighted by molar-refractivity contribution is 7.07. The maximum absolute atomic E-state index is 12.0. The quantitative estimate of drug-likeness (QED) is 0.845. The largest absolute Gasteiger partial charge is 0.370 e. The molecule has 0 aliphatic carbocycles. The first kappa shape index (κ1) is 17.3. The van der Waals surface area contributed by atoms with Crippen molar-refractivity contribution in [3.63, 3.8) is 0 Å². The second-order valence-corrected chi connectivity index (χ2v) is 6.32. The van der Waals surface area contributed by atoms with E-state index in [0.29, 0.717) is 6.54 Å². The third-order valence-corrected chi connectivity index (χ3v) is 4.61. The summed E-state index contributed by atoms with van der Waals surface area (Å²) in [5, 5.41) is 4.66. The molecule has 0 atom stereocenters. The number of amides is 1. The number of nitrogens with one attached hydrogen (secondary N) is 1. The minimum absolute atomic E-state index is 0.0880. The summed E-state index contributed by atoms with van der Waals surface area (Å²) in [4.78, 5) is 25.7. The number of benzene rings is 1. The molecule has 0 radical (unpaired) electrons. The number of aryl methyl sites for hydroxylation is 2. The normalized spacial score (nSPS) is 10.6. The van der Waals surface area contributed by atoms with Gasteiger partial charge in [-0.15, -0.1) is 0 Å². The van der Waals surface area contributed by atoms with Gasteiger partial charge in [0, 0.05) is 36.4 Å². The van der Waals surface area contributed by atoms with Gasteiger partial charge in [0.05, 0.1) is 0 Å². The van der Waals surface area contributed by atoms with Crippen LogP contribution in [0.2, 0.25) is 0 Å². The highest BCUT2D eigenvalue weighted by Crippen LogP contribution is 2.14. The molecule has 6 heteroatoms. The summed E-state index contributed by atoms with van der Waals surface area (Å²) >= 11 is 1.12. The van der Waals surface area contributed by atoms with Crippen LogP contribution in [0, 0.1) is 13.8 Å². The molecule has 1 heterocycles. The Morgan fingerprint density at radius 2 is 2.13 bits per heavy atom. The van der Waals surface area contributed by atoms with Gasteiger partial charge in [-0.05, 0) is 38.5 Å². The molecule has 0 aliphatic heterocycles. The number of likely N-dealkylation sites (N-methyl/N-ethyl adjacent to an activating group) is 1. The van der Waals surface area contributed by atoms with E-state index in [-0.39, 0.29) is 17.3 Å². The average molecular weight is 333 g/mol. The van der Waals surface area contributed by atoms with E-state index >= 15 is 0 Å². The monoisotopic (exact) mass is 333 g/mol. The SMILES string of the molecule is CCN(CCNC(=O)Cn1c(C)csc1=O)c1cccc(C)c1. The predicted octanol–water partition coefficient (Wildman–Crippen LogP) is 2.17. The molecule has 0 saturated carbocycles. The molecular formula is C17H23N3O2S. The average Bonchev–Trinajstić information content (AvgIpc) is 2.83. The third-order valence-electron chi connectivity index (χ3n) is 3.73. The summed E-state index contributed by atoms with van der Waals surface area (Å²) in [5.74, 6) is -0.131. The molecule has 1 aromatic heterocycles. The first-order chi connectivity index (χ1) is 11.0. The zero-order chi connectivity index (χ0) is 16.8. The van der Waals surface area contributed by atoms with Gasteiger partial charge in [0.1, 0.15) is 6.54 Å². The molecule has 2 rings (SSSR count). The summed E-state index contributed by atoms with van der Waals surface area (Å²) in [7, 11) is 0. The zero-order valence-electron chi connectivity index (χ0n) is 13.8. The van der Waals surface area contributed by atoms with Gasteiger partial charge in [0.15, 0.2) is 0 Å². The number of hydrogen-bond acceptors (Lipinski definition) is 4. The molecule has 0 spiro atoms. The zero-order valence-corrected chi connectivity index (χ0v) is 14.7. The van der Waals surface area contributed by atoms with E-state index in [1.54, 1.807) is 5.38 Å². The molecule has 1 amide bonds. The fourth-order valence-electron chi connectivity index (χ4n) is 2.42. The van der Waals surface area contributed by atoms with Crippen LogP contribution in [-0.4, -0.2) is 30.1 Å². The lowest BCUT2D eigenvalue weighted by Gasteiger charge is -2.23. The lowest BCUT2D eigenvalue weighted by Crippen LogP contribution is -2.37. The first-order valence-electron chi connectivity index (χ1n) is 7.74. The molecule has 0 aliphatic rings. The van der Waals surface area contributed by atoms with E-state index in [1.165, 1.54) is 10.1 Å². The molecule has 1 aromatic carbocycles. The van der Waals surface area contributed by atoms with E-state index in [0.717, 1.165) is 35.8 Å². The van der Waals surface area contributed by atoms with Gasteiger partial charge in [-0.2, -0.15) is 0 Å². The molecule has 0 fully saturated rings. The number of carbonyl (C=O) groups is 1. The molecule has 5 nitrogen and oxygen atoms in total. The van der Waals surface area contributed by atoms with Gasteiger partial charge in [-0.1, -0.05) is 23.5 Å². The van der Waals surface area contributed by atoms with Crippen molar-refractivity contribution in [1.29, 1.82) is 0 Å². The predicted molar refractivity (Wildman–Crippen MR) is 95.4 cm³/mol. The van der Waals surface area contributed by atoms with Crippen LogP contribution in [0.3, 0.4) is 0 Å². The summed E-state index contributed by atoms with van der Waals surface area (Å²) in [5.41, 5.74) is 3.20. The Balaban J connectivity index is 1.86. The summed E-state index contributed by atoms with van der Waals surface area (Å²) in [6, 6.07) is 8.32. The van der Waals surface area contributed by atoms with Crippen LogP contribution in [0.25, 0.3) is 0 Å². The molecule has 2 aromatic rings. The Kier molecular flexibility index (Phi) is 5.98. The van der Waals surface area contributed by atoms with Crippen LogP contribution in [0.1, 0.15) is 18.2 Å². The number of aromatic nitrogens is 1. The molecule has 0 unspecified atom stereocenters. The smallest absolute Gasteiger partial charge is 0.307 e. The molecule has 124 valence electrons. The van der Waals surface area contributed by atoms with Gasteiger partial charge in [0.25, 0.3) is 0 Å². The lowest BCUT2D eigenvalue weighted by molar-refractivity contribution is -0.121. The maximum Gasteiger partial charge on any atom is 0.307 e. The number of carbonyl (C=O) groups excluding carboxylic acids is 1. The minimum atomic E-state index is -0.131. The maximum atomic E-state index is 12.0. The molecule has 0 bridgehead atoms. The summed E-state index contributed by atoms with van der Waals surface area (Å²) < 4.78 is 1.50. The fraction of sp³-hybridized carbons (Fsp3) is 0.412. The second kappa shape index (κ2) is 7.97. The van der Waals surface area contributed by atoms with Crippen molar-refractivity contribution in [2.24, 2.45) is 0 Å². The number of hydrogen-bond donors (Lipinski definition) is 1. The summed E-state index contributed by atoms with van der Waals surface area (Å²) in [6.45, 7) is 8.26. The first-order valence-corrected chi connectivity index (χ1v) is 8.62. The van der Waals surface area contributed by atoms with Crippen molar-refractivity contribution in [2.75, 3.05) is 24.5 Å². The fourth-order valence-corrected chi connectivity index (χ4v) is 3.15. The van der Waals surface area contributed by atoms with Crippen LogP contribution >= 0.6 is 11.3 Å². The second-order valence-electron chi connectivity index (χ2n) is 5.50. The Hall–Kier alpha value is -2.08. The van der Waals surface area contributed by atoms with Crippen molar-refractivity contribution >= 4 is 22.9 Å². The highest BCUT2D eigenvalue weighted by Gasteiger charge is 2.09. The van der Waals surface area contributed by atoms with Crippen LogP contribution in [0.4, 0.5) is 5.69 Å². The van der Waals surface area contributed by atoms with E-state index in [2.05, 4.69) is 42.3 Å². The van der Waals surface area contributed by atoms with Gasteiger partial charge >= 0.3 is 4.87 Å². The number of thiazole rings is 1. The van der Waals surface area contributed by atoms with Crippen LogP contribution in [0.15, 0.2) is 34.4 Å². The standard InChI is InChI=1S/C17H23N3O2S/c1-4-19(15-7-5-6-13(2)10-15)9-8-18-16(21)11-20-14(3)12-23-17(20)22/h5-7,10,12H,4,8-9,11H2,1-3H3,(H,18,21). The molecule has 1 N–H and O–H groups in total. The van der Waals surface area contributed by atoms with Crippen molar-refractivity contribution in [2.45, 2.75) is 27.3 Å². The van der Waals surface area contributed by atoms with Crippen molar-refractivity contribution in [1.82, 2.24) is 9.88 Å². The van der Waals surface area contributed by atoms with E-state index < -0.39 is 0 Å². The Morgan fingerprint density at radius 3 is 2.74 bits per heavy atom. The van der Waals surface area contributed by atoms with Gasteiger partial charge in [-0.25, -0.2) is 0 Å². The number of anilines is 1. The van der Waals surface area contributed by atoms with Gasteiger partial charge in [0.2, 0.25) is 5.91 Å². The Labute approximate surface area is 140 Å². The lowest BCUT2D eigenvalue weighted by atomic mass is 10.2. The van der Waals surface area contributed by atoms with E-state index in [4.69, 9.17) is 0 Å². The Bertz CT molecular complexity index is 721. The Morgan fingerprint density at radius 1 is 1.35 bits per heavy atom. The van der Waals surface area contributed by atoms with E-state index in [9.17, 15) is 9.59 Å². The van der Waals surface area contributed by atoms with Crippen LogP contribution in [-0.2, 0) is 11.3 Å². The van der Waals surface area contributed by atoms with Crippen LogP contribution < -0.4 is 15.1 Å². The van der Waals surface area contributed by atoms with Crippen molar-refractivity contribution in [3.8, 4) is 0 Å². The van der Waals surface area contributed by atoms with Crippen molar-refractivity contribution in [3.05, 3.63) is 50.6 Å². The minimum Gasteiger partial charge on any atom is -0.370 e. The van der Waals surface area contributed by atoms with E-state index in [1.807, 2.05) is 13.0 Å². The topological polar surface area (TPSA) is 54.3 Å². The summed E-state index contributed by atoms with van der Waals surface area (Å²) in [6.07, 6.45) is 0. The third kappa shape index (κ3) is 4.69. The molecule has 0 saturated heterocycles. The molecule has 23 heavy (non-hydrogen) atoms.